The Morgan fingerprint density at radius 1 is 1.21 bits per heavy atom. The standard InChI is InChI=1S/C13H15NO4S/c15-10-5-3-4-9-11(10)19(17,18)8-13(12(16)14-9)6-1-2-7-13/h3-5,15H,1-2,6-8H2,(H,14,16). The molecule has 2 N–H and O–H groups in total. The lowest BCUT2D eigenvalue weighted by Gasteiger charge is -2.23. The van der Waals surface area contributed by atoms with E-state index in [1.165, 1.54) is 18.2 Å². The normalized spacial score (nSPS) is 23.7. The van der Waals surface area contributed by atoms with E-state index in [0.717, 1.165) is 12.8 Å². The van der Waals surface area contributed by atoms with Gasteiger partial charge >= 0.3 is 0 Å². The Balaban J connectivity index is 2.20. The summed E-state index contributed by atoms with van der Waals surface area (Å²) < 4.78 is 24.9. The van der Waals surface area contributed by atoms with E-state index in [9.17, 15) is 18.3 Å². The number of aromatic hydroxyl groups is 1. The van der Waals surface area contributed by atoms with E-state index in [1.54, 1.807) is 0 Å². The van der Waals surface area contributed by atoms with Crippen LogP contribution < -0.4 is 5.32 Å². The van der Waals surface area contributed by atoms with Gasteiger partial charge in [-0.25, -0.2) is 8.42 Å². The molecule has 1 heterocycles. The number of sulfone groups is 1. The van der Waals surface area contributed by atoms with Crippen LogP contribution in [0.15, 0.2) is 23.1 Å². The Kier molecular flexibility index (Phi) is 2.60. The summed E-state index contributed by atoms with van der Waals surface area (Å²) in [5.74, 6) is -0.748. The van der Waals surface area contributed by atoms with Gasteiger partial charge < -0.3 is 10.4 Å². The molecule has 1 saturated carbocycles. The van der Waals surface area contributed by atoms with Crippen LogP contribution in [0.3, 0.4) is 0 Å². The van der Waals surface area contributed by atoms with Crippen molar-refractivity contribution in [3.63, 3.8) is 0 Å². The number of anilines is 1. The van der Waals surface area contributed by atoms with Crippen LogP contribution in [0.25, 0.3) is 0 Å². The van der Waals surface area contributed by atoms with Crippen molar-refractivity contribution in [2.24, 2.45) is 5.41 Å². The van der Waals surface area contributed by atoms with Crippen molar-refractivity contribution in [3.05, 3.63) is 18.2 Å². The first-order valence-corrected chi connectivity index (χ1v) is 7.96. The number of carbonyl (C=O) groups excluding carboxylic acids is 1. The zero-order chi connectivity index (χ0) is 13.7. The van der Waals surface area contributed by atoms with Gasteiger partial charge in [-0.05, 0) is 25.0 Å². The molecule has 1 aliphatic carbocycles. The summed E-state index contributed by atoms with van der Waals surface area (Å²) in [6, 6.07) is 4.37. The maximum Gasteiger partial charge on any atom is 0.231 e. The highest BCUT2D eigenvalue weighted by molar-refractivity contribution is 7.91. The van der Waals surface area contributed by atoms with Crippen molar-refractivity contribution in [1.29, 1.82) is 0 Å². The molecule has 1 aliphatic heterocycles. The van der Waals surface area contributed by atoms with Gasteiger partial charge in [-0.1, -0.05) is 18.9 Å². The minimum Gasteiger partial charge on any atom is -0.507 e. The predicted molar refractivity (Wildman–Crippen MR) is 69.7 cm³/mol. The monoisotopic (exact) mass is 281 g/mol. The van der Waals surface area contributed by atoms with E-state index in [-0.39, 0.29) is 28.0 Å². The van der Waals surface area contributed by atoms with Crippen molar-refractivity contribution in [2.45, 2.75) is 30.6 Å². The molecule has 2 aliphatic rings. The topological polar surface area (TPSA) is 83.5 Å². The van der Waals surface area contributed by atoms with Gasteiger partial charge in [0.25, 0.3) is 0 Å². The largest absolute Gasteiger partial charge is 0.507 e. The minimum absolute atomic E-state index is 0.146. The van der Waals surface area contributed by atoms with E-state index in [4.69, 9.17) is 0 Å². The Bertz CT molecular complexity index is 645. The molecule has 0 atom stereocenters. The van der Waals surface area contributed by atoms with Crippen LogP contribution in [0.4, 0.5) is 5.69 Å². The van der Waals surface area contributed by atoms with Gasteiger partial charge in [0.2, 0.25) is 5.91 Å². The summed E-state index contributed by atoms with van der Waals surface area (Å²) in [6.45, 7) is 0. The quantitative estimate of drug-likeness (QED) is 0.758. The SMILES string of the molecule is O=C1Nc2cccc(O)c2S(=O)(=O)CC12CCCC2. The number of phenols is 1. The van der Waals surface area contributed by atoms with Crippen molar-refractivity contribution in [2.75, 3.05) is 11.1 Å². The van der Waals surface area contributed by atoms with Gasteiger partial charge in [0, 0.05) is 0 Å². The molecule has 19 heavy (non-hydrogen) atoms. The smallest absolute Gasteiger partial charge is 0.231 e. The Hall–Kier alpha value is -1.56. The molecule has 1 spiro atoms. The first-order valence-electron chi connectivity index (χ1n) is 6.31. The number of rotatable bonds is 0. The molecule has 0 unspecified atom stereocenters. The van der Waals surface area contributed by atoms with Crippen molar-refractivity contribution in [3.8, 4) is 5.75 Å². The Morgan fingerprint density at radius 2 is 1.89 bits per heavy atom. The average molecular weight is 281 g/mol. The number of benzene rings is 1. The van der Waals surface area contributed by atoms with Crippen LogP contribution >= 0.6 is 0 Å². The number of fused-ring (bicyclic) bond motifs is 1. The maximum absolute atomic E-state index is 12.5. The molecule has 3 rings (SSSR count). The van der Waals surface area contributed by atoms with Crippen LogP contribution in [-0.2, 0) is 14.6 Å². The van der Waals surface area contributed by atoms with Gasteiger partial charge in [0.1, 0.15) is 10.6 Å². The number of amides is 1. The summed E-state index contributed by atoms with van der Waals surface area (Å²) in [5.41, 5.74) is -0.640. The lowest BCUT2D eigenvalue weighted by Crippen LogP contribution is -2.37. The van der Waals surface area contributed by atoms with E-state index < -0.39 is 15.3 Å². The van der Waals surface area contributed by atoms with E-state index in [0.29, 0.717) is 12.8 Å². The van der Waals surface area contributed by atoms with E-state index in [2.05, 4.69) is 5.32 Å². The summed E-state index contributed by atoms with van der Waals surface area (Å²) in [6.07, 6.45) is 2.91. The fourth-order valence-electron chi connectivity index (χ4n) is 3.13. The van der Waals surface area contributed by atoms with Crippen LogP contribution in [0.5, 0.6) is 5.75 Å². The van der Waals surface area contributed by atoms with Gasteiger partial charge in [-0.3, -0.25) is 4.79 Å². The predicted octanol–water partition coefficient (Wildman–Crippen LogP) is 1.68. The fraction of sp³-hybridized carbons (Fsp3) is 0.462. The third kappa shape index (κ3) is 1.82. The molecule has 6 heteroatoms. The van der Waals surface area contributed by atoms with Crippen LogP contribution in [0.1, 0.15) is 25.7 Å². The molecule has 1 aromatic carbocycles. The first-order chi connectivity index (χ1) is 8.95. The van der Waals surface area contributed by atoms with Crippen molar-refractivity contribution < 1.29 is 18.3 Å². The molecule has 0 saturated heterocycles. The van der Waals surface area contributed by atoms with Crippen molar-refractivity contribution in [1.82, 2.24) is 0 Å². The molecule has 0 radical (unpaired) electrons. The summed E-state index contributed by atoms with van der Waals surface area (Å²) in [4.78, 5) is 12.2. The van der Waals surface area contributed by atoms with Gasteiger partial charge in [0.05, 0.1) is 16.9 Å². The Labute approximate surface area is 111 Å². The van der Waals surface area contributed by atoms with Gasteiger partial charge in [0.15, 0.2) is 9.84 Å². The Morgan fingerprint density at radius 3 is 2.58 bits per heavy atom. The third-order valence-corrected chi connectivity index (χ3v) is 6.05. The van der Waals surface area contributed by atoms with Crippen molar-refractivity contribution >= 4 is 21.4 Å². The molecule has 1 aromatic rings. The molecular formula is C13H15NO4S. The second kappa shape index (κ2) is 3.96. The van der Waals surface area contributed by atoms with Crippen LogP contribution in [0.2, 0.25) is 0 Å². The zero-order valence-electron chi connectivity index (χ0n) is 10.3. The highest BCUT2D eigenvalue weighted by Gasteiger charge is 2.48. The van der Waals surface area contributed by atoms with Crippen LogP contribution in [0, 0.1) is 5.41 Å². The summed E-state index contributed by atoms with van der Waals surface area (Å²) >= 11 is 0. The lowest BCUT2D eigenvalue weighted by atomic mass is 9.87. The highest BCUT2D eigenvalue weighted by Crippen LogP contribution is 2.46. The molecule has 0 aromatic heterocycles. The average Bonchev–Trinajstić information content (AvgIpc) is 2.74. The van der Waals surface area contributed by atoms with Gasteiger partial charge in [-0.2, -0.15) is 0 Å². The van der Waals surface area contributed by atoms with Crippen LogP contribution in [-0.4, -0.2) is 25.2 Å². The highest BCUT2D eigenvalue weighted by atomic mass is 32.2. The minimum atomic E-state index is -3.67. The van der Waals surface area contributed by atoms with Gasteiger partial charge in [-0.15, -0.1) is 0 Å². The lowest BCUT2D eigenvalue weighted by molar-refractivity contribution is -0.124. The van der Waals surface area contributed by atoms with E-state index in [1.807, 2.05) is 0 Å². The molecule has 5 nitrogen and oxygen atoms in total. The number of hydrogen-bond acceptors (Lipinski definition) is 4. The van der Waals surface area contributed by atoms with E-state index >= 15 is 0 Å². The summed E-state index contributed by atoms with van der Waals surface area (Å²) in [7, 11) is -3.67. The number of phenolic OH excluding ortho intramolecular Hbond substituents is 1. The summed E-state index contributed by atoms with van der Waals surface area (Å²) in [5, 5.41) is 12.5. The zero-order valence-corrected chi connectivity index (χ0v) is 11.2. The molecule has 102 valence electrons. The first kappa shape index (κ1) is 12.5. The number of carbonyl (C=O) groups is 1. The second-order valence-electron chi connectivity index (χ2n) is 5.35. The second-order valence-corrected chi connectivity index (χ2v) is 7.28. The molecule has 1 fully saturated rings. The fourth-order valence-corrected chi connectivity index (χ4v) is 5.26. The third-order valence-electron chi connectivity index (χ3n) is 4.06. The number of nitrogens with one attached hydrogen (secondary N) is 1. The molecule has 0 bridgehead atoms. The maximum atomic E-state index is 12.5. The molecular weight excluding hydrogens is 266 g/mol. The molecule has 1 amide bonds. The number of hydrogen-bond donors (Lipinski definition) is 2.